The zero-order valence-corrected chi connectivity index (χ0v) is 21.0. The zero-order chi connectivity index (χ0) is 29.1. The molecule has 37 heavy (non-hydrogen) atoms. The molecular formula is C33H20BrN3. The van der Waals surface area contributed by atoms with Gasteiger partial charge in [0.1, 0.15) is 0 Å². The van der Waals surface area contributed by atoms with Gasteiger partial charge < -0.3 is 0 Å². The standard InChI is InChI=1S/C33H20BrN3/c34-30-20-28-26-18-10-8-16-24(26)23-15-7-9-17-25(23)27(28)19-29(30)33-36-31(21-11-3-1-4-12-21)35-32(37-33)22-13-5-2-6-14-22/h1-20H/i1D,3D,4D,11D,12D. The second-order valence-electron chi connectivity index (χ2n) is 8.64. The molecule has 0 aliphatic rings. The maximum atomic E-state index is 8.56. The Morgan fingerprint density at radius 3 is 1.59 bits per heavy atom. The van der Waals surface area contributed by atoms with E-state index >= 15 is 0 Å². The van der Waals surface area contributed by atoms with Crippen molar-refractivity contribution >= 4 is 48.2 Å². The summed E-state index contributed by atoms with van der Waals surface area (Å²) in [4.78, 5) is 14.2. The monoisotopic (exact) mass is 542 g/mol. The number of hydrogen-bond acceptors (Lipinski definition) is 3. The molecule has 0 spiro atoms. The predicted octanol–water partition coefficient (Wildman–Crippen LogP) is 9.09. The summed E-state index contributed by atoms with van der Waals surface area (Å²) in [6.07, 6.45) is 0. The third-order valence-electron chi connectivity index (χ3n) is 6.46. The summed E-state index contributed by atoms with van der Waals surface area (Å²) in [5, 5.41) is 6.60. The van der Waals surface area contributed by atoms with Crippen LogP contribution in [0.3, 0.4) is 0 Å². The molecule has 3 nitrogen and oxygen atoms in total. The van der Waals surface area contributed by atoms with Crippen LogP contribution in [0.15, 0.2) is 126 Å². The molecule has 0 atom stereocenters. The van der Waals surface area contributed by atoms with E-state index in [0.29, 0.717) is 22.8 Å². The lowest BCUT2D eigenvalue weighted by Gasteiger charge is -2.14. The van der Waals surface area contributed by atoms with Gasteiger partial charge in [-0.15, -0.1) is 0 Å². The molecule has 0 saturated carbocycles. The van der Waals surface area contributed by atoms with Crippen molar-refractivity contribution in [1.82, 2.24) is 15.0 Å². The van der Waals surface area contributed by atoms with E-state index in [1.165, 1.54) is 0 Å². The fourth-order valence-corrected chi connectivity index (χ4v) is 5.30. The van der Waals surface area contributed by atoms with E-state index in [9.17, 15) is 0 Å². The maximum Gasteiger partial charge on any atom is 0.165 e. The maximum absolute atomic E-state index is 8.56. The number of fused-ring (bicyclic) bond motifs is 6. The first-order valence-electron chi connectivity index (χ1n) is 14.3. The van der Waals surface area contributed by atoms with Crippen LogP contribution in [0.25, 0.3) is 66.5 Å². The molecule has 7 aromatic rings. The first-order valence-corrected chi connectivity index (χ1v) is 12.5. The number of nitrogens with zero attached hydrogens (tertiary/aromatic N) is 3. The van der Waals surface area contributed by atoms with E-state index in [0.717, 1.165) is 36.8 Å². The molecule has 0 bridgehead atoms. The lowest BCUT2D eigenvalue weighted by Crippen LogP contribution is -2.00. The quantitative estimate of drug-likeness (QED) is 0.209. The van der Waals surface area contributed by atoms with E-state index in [4.69, 9.17) is 16.8 Å². The average molecular weight is 543 g/mol. The van der Waals surface area contributed by atoms with Crippen LogP contribution in [-0.2, 0) is 0 Å². The van der Waals surface area contributed by atoms with Crippen molar-refractivity contribution < 1.29 is 6.85 Å². The lowest BCUT2D eigenvalue weighted by molar-refractivity contribution is 1.07. The molecule has 0 amide bonds. The lowest BCUT2D eigenvalue weighted by atomic mass is 9.93. The topological polar surface area (TPSA) is 38.7 Å². The largest absolute Gasteiger partial charge is 0.208 e. The van der Waals surface area contributed by atoms with Crippen molar-refractivity contribution in [3.8, 4) is 34.2 Å². The first-order chi connectivity index (χ1) is 20.3. The molecule has 1 heterocycles. The number of rotatable bonds is 3. The summed E-state index contributed by atoms with van der Waals surface area (Å²) in [5.41, 5.74) is 1.33. The zero-order valence-electron chi connectivity index (χ0n) is 24.4. The number of benzene rings is 6. The van der Waals surface area contributed by atoms with Gasteiger partial charge >= 0.3 is 0 Å². The van der Waals surface area contributed by atoms with Crippen molar-refractivity contribution in [2.75, 3.05) is 0 Å². The number of halogens is 1. The normalized spacial score (nSPS) is 13.3. The SMILES string of the molecule is [2H]c1c([2H])c([2H])c(-c2nc(-c3ccccc3)nc(-c3cc4c5ccccc5c5ccccc5c4cc3Br)n2)c([2H])c1[2H]. The van der Waals surface area contributed by atoms with E-state index < -0.39 is 18.1 Å². The highest BCUT2D eigenvalue weighted by Crippen LogP contribution is 2.40. The molecule has 1 aromatic heterocycles. The van der Waals surface area contributed by atoms with Crippen molar-refractivity contribution in [3.63, 3.8) is 0 Å². The van der Waals surface area contributed by atoms with E-state index in [1.54, 1.807) is 0 Å². The van der Waals surface area contributed by atoms with E-state index in [2.05, 4.69) is 51.2 Å². The van der Waals surface area contributed by atoms with Gasteiger partial charge in [-0.25, -0.2) is 15.0 Å². The fourth-order valence-electron chi connectivity index (χ4n) is 4.78. The predicted molar refractivity (Wildman–Crippen MR) is 156 cm³/mol. The van der Waals surface area contributed by atoms with Crippen molar-refractivity contribution in [3.05, 3.63) is 126 Å². The summed E-state index contributed by atoms with van der Waals surface area (Å²) in [6, 6.07) is 27.9. The molecule has 4 heteroatoms. The molecular weight excluding hydrogens is 518 g/mol. The summed E-state index contributed by atoms with van der Waals surface area (Å²) < 4.78 is 42.3. The van der Waals surface area contributed by atoms with Crippen molar-refractivity contribution in [2.45, 2.75) is 0 Å². The van der Waals surface area contributed by atoms with Gasteiger partial charge in [-0.3, -0.25) is 0 Å². The Morgan fingerprint density at radius 2 is 0.973 bits per heavy atom. The van der Waals surface area contributed by atoms with Crippen LogP contribution in [-0.4, -0.2) is 15.0 Å². The van der Waals surface area contributed by atoms with Gasteiger partial charge in [0, 0.05) is 21.2 Å². The molecule has 0 saturated heterocycles. The molecule has 0 unspecified atom stereocenters. The van der Waals surface area contributed by atoms with Gasteiger partial charge in [0.2, 0.25) is 0 Å². The highest BCUT2D eigenvalue weighted by molar-refractivity contribution is 9.10. The molecule has 0 aliphatic heterocycles. The van der Waals surface area contributed by atoms with Crippen molar-refractivity contribution in [1.29, 1.82) is 0 Å². The smallest absolute Gasteiger partial charge is 0.165 e. The average Bonchev–Trinajstić information content (AvgIpc) is 3.03. The molecule has 0 fully saturated rings. The molecule has 0 N–H and O–H groups in total. The Kier molecular flexibility index (Phi) is 4.12. The van der Waals surface area contributed by atoms with Gasteiger partial charge in [0.05, 0.1) is 6.85 Å². The summed E-state index contributed by atoms with van der Waals surface area (Å²) >= 11 is 3.77. The van der Waals surface area contributed by atoms with Crippen LogP contribution < -0.4 is 0 Å². The van der Waals surface area contributed by atoms with Crippen LogP contribution >= 0.6 is 15.9 Å². The van der Waals surface area contributed by atoms with Crippen molar-refractivity contribution in [2.24, 2.45) is 0 Å². The summed E-state index contributed by atoms with van der Waals surface area (Å²) in [6.45, 7) is 0. The third-order valence-corrected chi connectivity index (χ3v) is 7.12. The molecule has 0 aliphatic carbocycles. The fraction of sp³-hybridized carbons (Fsp3) is 0. The Balaban J connectivity index is 1.56. The molecule has 7 rings (SSSR count). The van der Waals surface area contributed by atoms with Crippen LogP contribution in [0.2, 0.25) is 0 Å². The van der Waals surface area contributed by atoms with E-state index in [-0.39, 0.29) is 23.5 Å². The third kappa shape index (κ3) is 3.78. The Bertz CT molecular complexity index is 2190. The number of aromatic nitrogens is 3. The summed E-state index contributed by atoms with van der Waals surface area (Å²) in [5.74, 6) is 0.653. The molecule has 6 aromatic carbocycles. The second-order valence-corrected chi connectivity index (χ2v) is 9.50. The highest BCUT2D eigenvalue weighted by atomic mass is 79.9. The minimum absolute atomic E-state index is 0.00576. The molecule has 0 radical (unpaired) electrons. The van der Waals surface area contributed by atoms with Gasteiger partial charge in [0.15, 0.2) is 17.5 Å². The van der Waals surface area contributed by atoms with Gasteiger partial charge in [-0.1, -0.05) is 125 Å². The van der Waals surface area contributed by atoms with Gasteiger partial charge in [0.25, 0.3) is 0 Å². The van der Waals surface area contributed by atoms with Crippen LogP contribution in [0, 0.1) is 0 Å². The minimum Gasteiger partial charge on any atom is -0.208 e. The summed E-state index contributed by atoms with van der Waals surface area (Å²) in [7, 11) is 0. The Hall–Kier alpha value is -4.41. The minimum atomic E-state index is -0.470. The van der Waals surface area contributed by atoms with Gasteiger partial charge in [-0.2, -0.15) is 0 Å². The Morgan fingerprint density at radius 1 is 0.486 bits per heavy atom. The van der Waals surface area contributed by atoms with Gasteiger partial charge in [-0.05, 0) is 44.5 Å². The van der Waals surface area contributed by atoms with Crippen LogP contribution in [0.1, 0.15) is 6.85 Å². The number of hydrogen-bond donors (Lipinski definition) is 0. The van der Waals surface area contributed by atoms with Crippen LogP contribution in [0.4, 0.5) is 0 Å². The highest BCUT2D eigenvalue weighted by Gasteiger charge is 2.17. The molecule has 174 valence electrons. The van der Waals surface area contributed by atoms with Crippen LogP contribution in [0.5, 0.6) is 0 Å². The first kappa shape index (κ1) is 17.1. The van der Waals surface area contributed by atoms with E-state index in [1.807, 2.05) is 60.7 Å². The Labute approximate surface area is 229 Å². The second kappa shape index (κ2) is 8.91.